The number of methoxy groups -OCH3 is 3. The van der Waals surface area contributed by atoms with Crippen molar-refractivity contribution in [3.8, 4) is 0 Å². The lowest BCUT2D eigenvalue weighted by atomic mass is 9.82. The highest BCUT2D eigenvalue weighted by molar-refractivity contribution is 6.39. The molecule has 0 aromatic heterocycles. The Kier molecular flexibility index (Phi) is 17.2. The van der Waals surface area contributed by atoms with Gasteiger partial charge < -0.3 is 38.8 Å². The molecule has 0 aromatic rings. The van der Waals surface area contributed by atoms with Gasteiger partial charge in [0.25, 0.3) is 11.7 Å². The molecule has 0 radical (unpaired) electrons. The zero-order valence-electron chi connectivity index (χ0n) is 35.0. The SMILES string of the molecule is CC[C@@H]1/C=C(\C)C[C@H](C)C[C@H](OC)[C@H]2O[C@@](O)(C(=O)C(=O)N3CCCC[C@@H]3C(=O)O[C@H](/C(C)=C/[C@@H]3CC[C@H](Cl)[C@H](OC)C3)[C@H](C)[C@H](O)CC1=O)[C@H](C)C[C@@H]2OC. The van der Waals surface area contributed by atoms with E-state index in [0.29, 0.717) is 44.1 Å². The Morgan fingerprint density at radius 2 is 1.62 bits per heavy atom. The third-order valence-electron chi connectivity index (χ3n) is 12.8. The topological polar surface area (TPSA) is 158 Å². The van der Waals surface area contributed by atoms with Crippen molar-refractivity contribution in [3.05, 3.63) is 23.3 Å². The molecule has 1 saturated carbocycles. The number of hydrogen-bond acceptors (Lipinski definition) is 11. The van der Waals surface area contributed by atoms with Gasteiger partial charge in [-0.15, -0.1) is 11.6 Å². The van der Waals surface area contributed by atoms with Crippen molar-refractivity contribution in [1.82, 2.24) is 4.90 Å². The average Bonchev–Trinajstić information content (AvgIpc) is 3.18. The lowest BCUT2D eigenvalue weighted by molar-refractivity contribution is -0.302. The van der Waals surface area contributed by atoms with Crippen molar-refractivity contribution < 1.29 is 53.1 Å². The van der Waals surface area contributed by atoms with Gasteiger partial charge in [-0.2, -0.15) is 0 Å². The second kappa shape index (κ2) is 20.7. The molecule has 0 unspecified atom stereocenters. The van der Waals surface area contributed by atoms with Crippen molar-refractivity contribution in [1.29, 1.82) is 0 Å². The fourth-order valence-corrected chi connectivity index (χ4v) is 9.69. The molecule has 13 heteroatoms. The summed E-state index contributed by atoms with van der Waals surface area (Å²) >= 11 is 6.52. The highest BCUT2D eigenvalue weighted by atomic mass is 35.5. The number of aliphatic hydroxyl groups is 2. The van der Waals surface area contributed by atoms with Crippen LogP contribution in [0.4, 0.5) is 0 Å². The lowest BCUT2D eigenvalue weighted by Crippen LogP contribution is -2.64. The third kappa shape index (κ3) is 10.9. The number of esters is 1. The summed E-state index contributed by atoms with van der Waals surface area (Å²) < 4.78 is 29.9. The number of rotatable bonds is 6. The summed E-state index contributed by atoms with van der Waals surface area (Å²) in [4.78, 5) is 57.7. The van der Waals surface area contributed by atoms with Gasteiger partial charge in [-0.1, -0.05) is 45.4 Å². The van der Waals surface area contributed by atoms with Crippen LogP contribution in [-0.2, 0) is 42.9 Å². The standard InChI is InChI=1S/C43H68ClNO11/c1-10-30-18-24(2)17-25(3)19-36(53-8)39-37(54-9)21-27(5)43(51,56-39)40(48)41(49)45-16-12-11-13-32(45)42(50)55-38(28(6)33(46)23-34(30)47)26(4)20-29-14-15-31(44)35(22-29)52-7/h18,20,25,27-33,35-39,46,51H,10-17,19,21-23H2,1-9H3/b24-18+,26-20+/t25-,27+,28+,29-,30+,31-,32+,33+,35+,36-,37-,38+,39+,43+/m0/s1. The van der Waals surface area contributed by atoms with Crippen LogP contribution in [0.2, 0.25) is 0 Å². The number of Topliss-reactive ketones (excluding diaryl/α,β-unsaturated/α-hetero) is 2. The second-order valence-electron chi connectivity index (χ2n) is 17.1. The molecule has 2 N–H and O–H groups in total. The predicted molar refractivity (Wildman–Crippen MR) is 212 cm³/mol. The number of alkyl halides is 1. The summed E-state index contributed by atoms with van der Waals surface area (Å²) in [6.07, 6.45) is 5.16. The fourth-order valence-electron chi connectivity index (χ4n) is 9.36. The number of nitrogens with zero attached hydrogens (tertiary/aromatic N) is 1. The Hall–Kier alpha value is -2.19. The first-order chi connectivity index (χ1) is 26.5. The number of cyclic esters (lactones) is 1. The van der Waals surface area contributed by atoms with Crippen LogP contribution in [0.25, 0.3) is 0 Å². The van der Waals surface area contributed by atoms with Gasteiger partial charge in [0.15, 0.2) is 0 Å². The van der Waals surface area contributed by atoms with Crippen LogP contribution < -0.4 is 0 Å². The highest BCUT2D eigenvalue weighted by Gasteiger charge is 2.56. The smallest absolute Gasteiger partial charge is 0.329 e. The summed E-state index contributed by atoms with van der Waals surface area (Å²) in [5, 5.41) is 23.6. The minimum Gasteiger partial charge on any atom is -0.456 e. The van der Waals surface area contributed by atoms with E-state index in [-0.39, 0.29) is 54.9 Å². The average molecular weight is 810 g/mol. The molecular formula is C43H68ClNO11. The second-order valence-corrected chi connectivity index (χ2v) is 17.7. The Labute approximate surface area is 339 Å². The molecule has 1 aliphatic carbocycles. The van der Waals surface area contributed by atoms with E-state index in [0.717, 1.165) is 18.4 Å². The summed E-state index contributed by atoms with van der Waals surface area (Å²) in [6.45, 7) is 11.3. The minimum absolute atomic E-state index is 0.0425. The molecule has 2 bridgehead atoms. The van der Waals surface area contributed by atoms with Crippen LogP contribution in [0.1, 0.15) is 112 Å². The van der Waals surface area contributed by atoms with E-state index in [2.05, 4.69) is 6.92 Å². The maximum Gasteiger partial charge on any atom is 0.329 e. The molecule has 318 valence electrons. The molecule has 3 fully saturated rings. The van der Waals surface area contributed by atoms with Gasteiger partial charge in [-0.3, -0.25) is 14.4 Å². The van der Waals surface area contributed by atoms with Crippen LogP contribution in [-0.4, -0.2) is 120 Å². The molecule has 0 spiro atoms. The number of amides is 1. The van der Waals surface area contributed by atoms with E-state index in [1.54, 1.807) is 21.0 Å². The lowest BCUT2D eigenvalue weighted by Gasteiger charge is -2.47. The van der Waals surface area contributed by atoms with Crippen molar-refractivity contribution in [2.75, 3.05) is 27.9 Å². The van der Waals surface area contributed by atoms with Gasteiger partial charge in [-0.05, 0) is 95.5 Å². The molecular weight excluding hydrogens is 742 g/mol. The van der Waals surface area contributed by atoms with Gasteiger partial charge >= 0.3 is 5.97 Å². The molecule has 4 rings (SSSR count). The maximum absolute atomic E-state index is 14.3. The molecule has 0 aromatic carbocycles. The van der Waals surface area contributed by atoms with Gasteiger partial charge in [0, 0.05) is 52.0 Å². The number of allylic oxidation sites excluding steroid dienone is 3. The molecule has 14 atom stereocenters. The number of ether oxygens (including phenoxy) is 5. The molecule has 12 nitrogen and oxygen atoms in total. The molecule has 1 amide bonds. The van der Waals surface area contributed by atoms with Crippen LogP contribution >= 0.6 is 11.6 Å². The fraction of sp³-hybridized carbons (Fsp3) is 0.814. The van der Waals surface area contributed by atoms with Crippen molar-refractivity contribution in [2.24, 2.45) is 29.6 Å². The van der Waals surface area contributed by atoms with Crippen LogP contribution in [0.3, 0.4) is 0 Å². The van der Waals surface area contributed by atoms with Crippen molar-refractivity contribution in [2.45, 2.75) is 166 Å². The summed E-state index contributed by atoms with van der Waals surface area (Å²) in [5.74, 6) is -7.31. The van der Waals surface area contributed by atoms with E-state index in [1.165, 1.54) is 19.1 Å². The Morgan fingerprint density at radius 1 is 0.964 bits per heavy atom. The van der Waals surface area contributed by atoms with Gasteiger partial charge in [0.2, 0.25) is 5.79 Å². The number of hydrogen-bond donors (Lipinski definition) is 2. The first-order valence-corrected chi connectivity index (χ1v) is 21.2. The van der Waals surface area contributed by atoms with E-state index < -0.39 is 77.8 Å². The number of fused-ring (bicyclic) bond motifs is 3. The van der Waals surface area contributed by atoms with Crippen LogP contribution in [0, 0.1) is 29.6 Å². The van der Waals surface area contributed by atoms with Gasteiger partial charge in [0.05, 0.1) is 29.8 Å². The number of halogens is 1. The first kappa shape index (κ1) is 46.5. The molecule has 3 aliphatic heterocycles. The zero-order chi connectivity index (χ0) is 41.5. The largest absolute Gasteiger partial charge is 0.456 e. The van der Waals surface area contributed by atoms with E-state index >= 15 is 0 Å². The Bertz CT molecular complexity index is 1440. The minimum atomic E-state index is -2.49. The van der Waals surface area contributed by atoms with Crippen LogP contribution in [0.15, 0.2) is 23.3 Å². The molecule has 3 heterocycles. The summed E-state index contributed by atoms with van der Waals surface area (Å²) in [5.41, 5.74) is 1.71. The van der Waals surface area contributed by atoms with E-state index in [1.807, 2.05) is 32.9 Å². The van der Waals surface area contributed by atoms with Gasteiger partial charge in [-0.25, -0.2) is 4.79 Å². The molecule has 56 heavy (non-hydrogen) atoms. The predicted octanol–water partition coefficient (Wildman–Crippen LogP) is 5.72. The molecule has 4 aliphatic rings. The Balaban J connectivity index is 1.76. The molecule has 2 saturated heterocycles. The zero-order valence-corrected chi connectivity index (χ0v) is 35.8. The normalized spacial score (nSPS) is 41.6. The summed E-state index contributed by atoms with van der Waals surface area (Å²) in [7, 11) is 4.71. The van der Waals surface area contributed by atoms with E-state index in [9.17, 15) is 29.4 Å². The third-order valence-corrected chi connectivity index (χ3v) is 13.3. The quantitative estimate of drug-likeness (QED) is 0.146. The van der Waals surface area contributed by atoms with Crippen molar-refractivity contribution in [3.63, 3.8) is 0 Å². The van der Waals surface area contributed by atoms with Crippen LogP contribution in [0.5, 0.6) is 0 Å². The number of aliphatic hydroxyl groups excluding tert-OH is 1. The maximum atomic E-state index is 14.3. The monoisotopic (exact) mass is 809 g/mol. The number of piperidine rings is 1. The van der Waals surface area contributed by atoms with Crippen molar-refractivity contribution >= 4 is 35.0 Å². The number of ketones is 2. The van der Waals surface area contributed by atoms with Gasteiger partial charge in [0.1, 0.15) is 24.0 Å². The Morgan fingerprint density at radius 3 is 2.27 bits per heavy atom. The highest BCUT2D eigenvalue weighted by Crippen LogP contribution is 2.39. The summed E-state index contributed by atoms with van der Waals surface area (Å²) in [6, 6.07) is -1.12. The van der Waals surface area contributed by atoms with E-state index in [4.69, 9.17) is 35.3 Å². The first-order valence-electron chi connectivity index (χ1n) is 20.7. The number of carbonyl (C=O) groups is 4. The number of carbonyl (C=O) groups excluding carboxylic acids is 4.